The molecular formula is C10H20N2OS. The molecule has 1 saturated heterocycles. The molecule has 0 saturated carbocycles. The maximum atomic E-state index is 11.4. The number of rotatable bonds is 1. The van der Waals surface area contributed by atoms with Crippen molar-refractivity contribution in [2.24, 2.45) is 11.7 Å². The third-order valence-corrected chi connectivity index (χ3v) is 4.05. The van der Waals surface area contributed by atoms with Gasteiger partial charge in [0.1, 0.15) is 0 Å². The molecule has 2 N–H and O–H groups in total. The molecule has 82 valence electrons. The fourth-order valence-corrected chi connectivity index (χ4v) is 2.87. The Balaban J connectivity index is 2.79. The number of nitrogens with zero attached hydrogens (tertiary/aromatic N) is 1. The van der Waals surface area contributed by atoms with E-state index in [1.807, 2.05) is 4.90 Å². The number of nitrogens with two attached hydrogens (primary N) is 1. The van der Waals surface area contributed by atoms with Crippen molar-refractivity contribution in [3.05, 3.63) is 0 Å². The zero-order valence-corrected chi connectivity index (χ0v) is 10.00. The zero-order valence-electron chi connectivity index (χ0n) is 9.10. The number of piperidine rings is 1. The van der Waals surface area contributed by atoms with Crippen molar-refractivity contribution in [2.45, 2.75) is 44.5 Å². The smallest absolute Gasteiger partial charge is 0.219 e. The summed E-state index contributed by atoms with van der Waals surface area (Å²) in [5.41, 5.74) is 5.69. The van der Waals surface area contributed by atoms with Crippen LogP contribution < -0.4 is 5.73 Å². The van der Waals surface area contributed by atoms with E-state index in [-0.39, 0.29) is 17.2 Å². The summed E-state index contributed by atoms with van der Waals surface area (Å²) in [5.74, 6) is 0.568. The number of carbonyl (C=O) groups is 1. The molecule has 3 nitrogen and oxygen atoms in total. The predicted molar refractivity (Wildman–Crippen MR) is 61.4 cm³/mol. The van der Waals surface area contributed by atoms with Crippen LogP contribution in [0.2, 0.25) is 0 Å². The summed E-state index contributed by atoms with van der Waals surface area (Å²) in [6, 6.07) is 0.479. The Morgan fingerprint density at radius 1 is 1.57 bits per heavy atom. The molecule has 1 amide bonds. The van der Waals surface area contributed by atoms with Crippen molar-refractivity contribution in [3.63, 3.8) is 0 Å². The first-order chi connectivity index (χ1) is 6.49. The van der Waals surface area contributed by atoms with Crippen LogP contribution in [0, 0.1) is 5.92 Å². The van der Waals surface area contributed by atoms with Crippen molar-refractivity contribution >= 4 is 18.5 Å². The van der Waals surface area contributed by atoms with Crippen LogP contribution in [0.25, 0.3) is 0 Å². The Bertz CT molecular complexity index is 222. The largest absolute Gasteiger partial charge is 0.336 e. The Morgan fingerprint density at radius 3 is 2.57 bits per heavy atom. The predicted octanol–water partition coefficient (Wildman–Crippen LogP) is 0.889. The van der Waals surface area contributed by atoms with Crippen LogP contribution in [0.3, 0.4) is 0 Å². The number of likely N-dealkylation sites (tertiary alicyclic amines) is 1. The van der Waals surface area contributed by atoms with E-state index in [1.54, 1.807) is 6.92 Å². The van der Waals surface area contributed by atoms with E-state index in [9.17, 15) is 4.79 Å². The van der Waals surface area contributed by atoms with Gasteiger partial charge in [-0.15, -0.1) is 0 Å². The minimum absolute atomic E-state index is 0.138. The van der Waals surface area contributed by atoms with E-state index in [4.69, 9.17) is 5.73 Å². The van der Waals surface area contributed by atoms with Gasteiger partial charge in [0.15, 0.2) is 0 Å². The molecule has 4 unspecified atom stereocenters. The quantitative estimate of drug-likeness (QED) is 0.639. The van der Waals surface area contributed by atoms with E-state index < -0.39 is 0 Å². The number of hydrogen-bond donors (Lipinski definition) is 2. The highest BCUT2D eigenvalue weighted by atomic mass is 32.1. The molecule has 1 rings (SSSR count). The van der Waals surface area contributed by atoms with Gasteiger partial charge in [0.05, 0.1) is 0 Å². The van der Waals surface area contributed by atoms with Crippen LogP contribution >= 0.6 is 12.6 Å². The Labute approximate surface area is 91.4 Å². The maximum absolute atomic E-state index is 11.4. The molecule has 0 spiro atoms. The van der Waals surface area contributed by atoms with Crippen molar-refractivity contribution in [1.82, 2.24) is 4.90 Å². The lowest BCUT2D eigenvalue weighted by Gasteiger charge is -2.45. The van der Waals surface area contributed by atoms with Gasteiger partial charge < -0.3 is 10.6 Å². The van der Waals surface area contributed by atoms with E-state index in [0.29, 0.717) is 18.5 Å². The standard InChI is InChI=1S/C10H20N2OS/c1-6-4-9(5-11)10(14)7(2)12(6)8(3)13/h6-7,9-10,14H,4-5,11H2,1-3H3. The Kier molecular flexibility index (Phi) is 3.84. The molecule has 0 aromatic rings. The van der Waals surface area contributed by atoms with Crippen LogP contribution in [0.5, 0.6) is 0 Å². The summed E-state index contributed by atoms with van der Waals surface area (Å²) in [4.78, 5) is 13.3. The molecule has 1 aliphatic rings. The number of carbonyl (C=O) groups excluding carboxylic acids is 1. The number of amides is 1. The van der Waals surface area contributed by atoms with E-state index in [2.05, 4.69) is 26.5 Å². The highest BCUT2D eigenvalue weighted by molar-refractivity contribution is 7.81. The van der Waals surface area contributed by atoms with Gasteiger partial charge in [-0.3, -0.25) is 4.79 Å². The lowest BCUT2D eigenvalue weighted by atomic mass is 9.86. The fraction of sp³-hybridized carbons (Fsp3) is 0.900. The second kappa shape index (κ2) is 4.53. The lowest BCUT2D eigenvalue weighted by Crippen LogP contribution is -2.56. The molecule has 1 fully saturated rings. The molecule has 1 aliphatic heterocycles. The SMILES string of the molecule is CC(=O)N1C(C)CC(CN)C(S)C1C. The van der Waals surface area contributed by atoms with Crippen LogP contribution in [-0.2, 0) is 4.79 Å². The second-order valence-corrected chi connectivity index (χ2v) is 4.83. The van der Waals surface area contributed by atoms with E-state index in [1.165, 1.54) is 0 Å². The van der Waals surface area contributed by atoms with Crippen LogP contribution in [0.1, 0.15) is 27.2 Å². The normalized spacial score (nSPS) is 38.5. The van der Waals surface area contributed by atoms with E-state index in [0.717, 1.165) is 6.42 Å². The van der Waals surface area contributed by atoms with Crippen LogP contribution in [0.4, 0.5) is 0 Å². The third kappa shape index (κ3) is 2.06. The summed E-state index contributed by atoms with van der Waals surface area (Å²) < 4.78 is 0. The molecule has 0 aromatic heterocycles. The summed E-state index contributed by atoms with van der Waals surface area (Å²) >= 11 is 4.55. The molecule has 0 aliphatic carbocycles. The summed E-state index contributed by atoms with van der Waals surface area (Å²) in [6.45, 7) is 6.42. The first-order valence-electron chi connectivity index (χ1n) is 5.16. The molecule has 1 heterocycles. The first kappa shape index (κ1) is 11.9. The molecular weight excluding hydrogens is 196 g/mol. The molecule has 4 atom stereocenters. The van der Waals surface area contributed by atoms with Gasteiger partial charge in [-0.1, -0.05) is 0 Å². The van der Waals surface area contributed by atoms with Gasteiger partial charge in [-0.2, -0.15) is 12.6 Å². The van der Waals surface area contributed by atoms with Crippen molar-refractivity contribution in [2.75, 3.05) is 6.54 Å². The second-order valence-electron chi connectivity index (χ2n) is 4.24. The molecule has 4 heteroatoms. The Hall–Kier alpha value is -0.220. The van der Waals surface area contributed by atoms with Crippen molar-refractivity contribution < 1.29 is 4.79 Å². The highest BCUT2D eigenvalue weighted by Crippen LogP contribution is 2.30. The molecule has 0 radical (unpaired) electrons. The minimum atomic E-state index is 0.138. The van der Waals surface area contributed by atoms with Gasteiger partial charge in [-0.25, -0.2) is 0 Å². The Morgan fingerprint density at radius 2 is 2.14 bits per heavy atom. The maximum Gasteiger partial charge on any atom is 0.219 e. The number of thiol groups is 1. The number of hydrogen-bond acceptors (Lipinski definition) is 3. The lowest BCUT2D eigenvalue weighted by molar-refractivity contribution is -0.135. The van der Waals surface area contributed by atoms with Gasteiger partial charge in [0.25, 0.3) is 0 Å². The van der Waals surface area contributed by atoms with E-state index >= 15 is 0 Å². The third-order valence-electron chi connectivity index (χ3n) is 3.20. The molecule has 14 heavy (non-hydrogen) atoms. The average Bonchev–Trinajstić information content (AvgIpc) is 2.10. The average molecular weight is 216 g/mol. The summed E-state index contributed by atoms with van der Waals surface area (Å²) in [7, 11) is 0. The van der Waals surface area contributed by atoms with Gasteiger partial charge >= 0.3 is 0 Å². The highest BCUT2D eigenvalue weighted by Gasteiger charge is 2.37. The fourth-order valence-electron chi connectivity index (χ4n) is 2.48. The van der Waals surface area contributed by atoms with Gasteiger partial charge in [0, 0.05) is 24.3 Å². The topological polar surface area (TPSA) is 46.3 Å². The zero-order chi connectivity index (χ0) is 10.9. The van der Waals surface area contributed by atoms with Gasteiger partial charge in [-0.05, 0) is 32.7 Å². The van der Waals surface area contributed by atoms with Crippen LogP contribution in [-0.4, -0.2) is 34.7 Å². The minimum Gasteiger partial charge on any atom is -0.336 e. The van der Waals surface area contributed by atoms with Crippen LogP contribution in [0.15, 0.2) is 0 Å². The first-order valence-corrected chi connectivity index (χ1v) is 5.67. The summed E-state index contributed by atoms with van der Waals surface area (Å²) in [6.07, 6.45) is 0.967. The molecule has 0 aromatic carbocycles. The monoisotopic (exact) mass is 216 g/mol. The van der Waals surface area contributed by atoms with Crippen molar-refractivity contribution in [3.8, 4) is 0 Å². The van der Waals surface area contributed by atoms with Crippen molar-refractivity contribution in [1.29, 1.82) is 0 Å². The van der Waals surface area contributed by atoms with Gasteiger partial charge in [0.2, 0.25) is 5.91 Å². The summed E-state index contributed by atoms with van der Waals surface area (Å²) in [5, 5.41) is 0.208. The molecule has 0 bridgehead atoms.